The van der Waals surface area contributed by atoms with Crippen LogP contribution in [0.4, 0.5) is 11.6 Å². The molecule has 5 rings (SSSR count). The number of rotatable bonds is 5. The number of hydrogen-bond acceptors (Lipinski definition) is 6. The van der Waals surface area contributed by atoms with Crippen LogP contribution in [0.15, 0.2) is 64.6 Å². The summed E-state index contributed by atoms with van der Waals surface area (Å²) in [4.78, 5) is 40.1. The summed E-state index contributed by atoms with van der Waals surface area (Å²) in [5.41, 5.74) is 5.77. The van der Waals surface area contributed by atoms with Crippen molar-refractivity contribution in [2.45, 2.75) is 13.8 Å². The van der Waals surface area contributed by atoms with E-state index < -0.39 is 5.91 Å². The van der Waals surface area contributed by atoms with Gasteiger partial charge in [0, 0.05) is 6.20 Å². The van der Waals surface area contributed by atoms with Crippen LogP contribution >= 0.6 is 23.2 Å². The average Bonchev–Trinajstić information content (AvgIpc) is 3.29. The van der Waals surface area contributed by atoms with Crippen molar-refractivity contribution >= 4 is 68.3 Å². The minimum absolute atomic E-state index is 0.237. The fourth-order valence-corrected chi connectivity index (χ4v) is 4.42. The number of H-pyrrole nitrogens is 2. The summed E-state index contributed by atoms with van der Waals surface area (Å²) < 4.78 is 0. The van der Waals surface area contributed by atoms with Crippen molar-refractivity contribution in [3.8, 4) is 0 Å². The van der Waals surface area contributed by atoms with Crippen LogP contribution in [0.1, 0.15) is 28.7 Å². The first kappa shape index (κ1) is 23.5. The molecule has 36 heavy (non-hydrogen) atoms. The number of nitrogens with one attached hydrogen (secondary N) is 4. The fourth-order valence-electron chi connectivity index (χ4n) is 3.92. The summed E-state index contributed by atoms with van der Waals surface area (Å²) in [6.07, 6.45) is 1.52. The second-order valence-corrected chi connectivity index (χ2v) is 8.81. The van der Waals surface area contributed by atoms with E-state index in [0.29, 0.717) is 54.9 Å². The number of halogens is 2. The van der Waals surface area contributed by atoms with Gasteiger partial charge in [-0.3, -0.25) is 14.6 Å². The Morgan fingerprint density at radius 3 is 2.53 bits per heavy atom. The number of hydrazone groups is 1. The van der Waals surface area contributed by atoms with Crippen molar-refractivity contribution in [3.05, 3.63) is 92.1 Å². The molecule has 0 bridgehead atoms. The molecule has 0 unspecified atom stereocenters. The molecule has 0 saturated carbocycles. The lowest BCUT2D eigenvalue weighted by atomic mass is 10.0. The van der Waals surface area contributed by atoms with Crippen LogP contribution in [0, 0.1) is 6.92 Å². The fraction of sp³-hybridized carbons (Fsp3) is 0.0800. The molecule has 0 aliphatic rings. The Kier molecular flexibility index (Phi) is 6.17. The van der Waals surface area contributed by atoms with E-state index in [1.807, 2.05) is 19.1 Å². The SMILES string of the molecule is CC(=NNC(=O)c1ccccn1)c1[nH]c(=O)c2c(ccc3[nH]c(Nc4c(Cl)cccc4Cl)nc32)c1C. The van der Waals surface area contributed by atoms with Crippen LogP contribution in [0.5, 0.6) is 0 Å². The maximum Gasteiger partial charge on any atom is 0.289 e. The van der Waals surface area contributed by atoms with Crippen molar-refractivity contribution in [1.29, 1.82) is 0 Å². The smallest absolute Gasteiger partial charge is 0.289 e. The van der Waals surface area contributed by atoms with Crippen molar-refractivity contribution < 1.29 is 4.79 Å². The number of carbonyl (C=O) groups excluding carboxylic acids is 1. The highest BCUT2D eigenvalue weighted by Crippen LogP contribution is 2.33. The van der Waals surface area contributed by atoms with Crippen LogP contribution < -0.4 is 16.3 Å². The van der Waals surface area contributed by atoms with Crippen LogP contribution in [0.2, 0.25) is 10.0 Å². The van der Waals surface area contributed by atoms with Crippen LogP contribution in [-0.2, 0) is 0 Å². The molecule has 0 fully saturated rings. The molecule has 0 saturated heterocycles. The molecule has 0 radical (unpaired) electrons. The van der Waals surface area contributed by atoms with Gasteiger partial charge in [-0.15, -0.1) is 0 Å². The summed E-state index contributed by atoms with van der Waals surface area (Å²) in [5, 5.41) is 9.27. The number of para-hydroxylation sites is 1. The molecule has 9 nitrogen and oxygen atoms in total. The first-order valence-electron chi connectivity index (χ1n) is 10.9. The van der Waals surface area contributed by atoms with Crippen LogP contribution in [0.25, 0.3) is 21.8 Å². The van der Waals surface area contributed by atoms with Crippen LogP contribution in [0.3, 0.4) is 0 Å². The third-order valence-corrected chi connectivity index (χ3v) is 6.32. The number of hydrogen-bond donors (Lipinski definition) is 4. The van der Waals surface area contributed by atoms with E-state index in [1.165, 1.54) is 6.20 Å². The van der Waals surface area contributed by atoms with E-state index in [0.717, 1.165) is 5.56 Å². The van der Waals surface area contributed by atoms with Crippen molar-refractivity contribution in [2.75, 3.05) is 5.32 Å². The van der Waals surface area contributed by atoms with Gasteiger partial charge in [-0.2, -0.15) is 5.10 Å². The lowest BCUT2D eigenvalue weighted by molar-refractivity contribution is 0.0950. The van der Waals surface area contributed by atoms with Gasteiger partial charge in [0.1, 0.15) is 11.2 Å². The number of carbonyl (C=O) groups is 1. The zero-order valence-electron chi connectivity index (χ0n) is 19.1. The normalized spacial score (nSPS) is 11.7. The van der Waals surface area contributed by atoms with Gasteiger partial charge in [-0.1, -0.05) is 41.4 Å². The first-order valence-corrected chi connectivity index (χ1v) is 11.6. The number of aromatic amines is 2. The summed E-state index contributed by atoms with van der Waals surface area (Å²) in [6, 6.07) is 13.9. The van der Waals surface area contributed by atoms with E-state index >= 15 is 0 Å². The molecule has 3 heterocycles. The molecule has 180 valence electrons. The maximum atomic E-state index is 13.2. The maximum absolute atomic E-state index is 13.2. The first-order chi connectivity index (χ1) is 17.3. The molecule has 3 aromatic heterocycles. The third kappa shape index (κ3) is 4.30. The van der Waals surface area contributed by atoms with E-state index in [1.54, 1.807) is 43.3 Å². The molecule has 0 spiro atoms. The second kappa shape index (κ2) is 9.44. The predicted octanol–water partition coefficient (Wildman–Crippen LogP) is 5.31. The topological polar surface area (TPSA) is 128 Å². The number of aromatic nitrogens is 4. The number of anilines is 2. The molecule has 0 aliphatic carbocycles. The zero-order valence-corrected chi connectivity index (χ0v) is 20.6. The van der Waals surface area contributed by atoms with E-state index in [2.05, 4.69) is 35.8 Å². The Balaban J connectivity index is 1.52. The van der Waals surface area contributed by atoms with Crippen molar-refractivity contribution in [3.63, 3.8) is 0 Å². The molecular weight excluding hydrogens is 501 g/mol. The molecule has 4 N–H and O–H groups in total. The van der Waals surface area contributed by atoms with Gasteiger partial charge in [0.2, 0.25) is 5.95 Å². The minimum Gasteiger partial charge on any atom is -0.324 e. The summed E-state index contributed by atoms with van der Waals surface area (Å²) >= 11 is 12.5. The molecule has 11 heteroatoms. The van der Waals surface area contributed by atoms with Gasteiger partial charge in [0.25, 0.3) is 11.5 Å². The molecule has 1 amide bonds. The van der Waals surface area contributed by atoms with Gasteiger partial charge < -0.3 is 15.3 Å². The Morgan fingerprint density at radius 1 is 1.03 bits per heavy atom. The summed E-state index contributed by atoms with van der Waals surface area (Å²) in [7, 11) is 0. The number of aryl methyl sites for hydroxylation is 1. The quantitative estimate of drug-likeness (QED) is 0.184. The average molecular weight is 520 g/mol. The van der Waals surface area contributed by atoms with Gasteiger partial charge in [0.05, 0.1) is 38.0 Å². The highest BCUT2D eigenvalue weighted by molar-refractivity contribution is 6.39. The van der Waals surface area contributed by atoms with Crippen molar-refractivity contribution in [2.24, 2.45) is 5.10 Å². The molecule has 2 aromatic carbocycles. The number of nitrogens with zero attached hydrogens (tertiary/aromatic N) is 3. The van der Waals surface area contributed by atoms with Crippen molar-refractivity contribution in [1.82, 2.24) is 25.4 Å². The number of fused-ring (bicyclic) bond motifs is 3. The molecule has 5 aromatic rings. The highest BCUT2D eigenvalue weighted by Gasteiger charge is 2.17. The Bertz CT molecular complexity index is 1710. The number of benzene rings is 2. The van der Waals surface area contributed by atoms with Crippen LogP contribution in [-0.4, -0.2) is 31.6 Å². The third-order valence-electron chi connectivity index (χ3n) is 5.69. The zero-order chi connectivity index (χ0) is 25.4. The Labute approximate surface area is 214 Å². The molecular formula is C25H19Cl2N7O2. The second-order valence-electron chi connectivity index (χ2n) is 8.00. The van der Waals surface area contributed by atoms with E-state index in [4.69, 9.17) is 23.2 Å². The van der Waals surface area contributed by atoms with E-state index in [9.17, 15) is 9.59 Å². The minimum atomic E-state index is -0.451. The Hall–Kier alpha value is -4.21. The molecule has 0 aliphatic heterocycles. The number of amides is 1. The highest BCUT2D eigenvalue weighted by atomic mass is 35.5. The van der Waals surface area contributed by atoms with Gasteiger partial charge in [-0.05, 0) is 55.1 Å². The van der Waals surface area contributed by atoms with Gasteiger partial charge >= 0.3 is 0 Å². The monoisotopic (exact) mass is 519 g/mol. The van der Waals surface area contributed by atoms with Gasteiger partial charge in [-0.25, -0.2) is 10.4 Å². The van der Waals surface area contributed by atoms with Gasteiger partial charge in [0.15, 0.2) is 0 Å². The molecule has 0 atom stereocenters. The Morgan fingerprint density at radius 2 is 1.81 bits per heavy atom. The summed E-state index contributed by atoms with van der Waals surface area (Å²) in [5.74, 6) is -0.0590. The summed E-state index contributed by atoms with van der Waals surface area (Å²) in [6.45, 7) is 3.57. The van der Waals surface area contributed by atoms with E-state index in [-0.39, 0.29) is 11.3 Å². The number of imidazole rings is 1. The lowest BCUT2D eigenvalue weighted by Crippen LogP contribution is -2.22. The standard InChI is InChI=1S/C25H19Cl2N7O2/c1-12-14-9-10-17-22(32-25(29-17)31-21-15(26)6-5-7-16(21)27)19(14)24(36)30-20(12)13(2)33-34-23(35)18-8-3-4-11-28-18/h3-11H,1-2H3,(H,30,36)(H,34,35)(H2,29,31,32). The lowest BCUT2D eigenvalue weighted by Gasteiger charge is -2.09. The predicted molar refractivity (Wildman–Crippen MR) is 143 cm³/mol. The largest absolute Gasteiger partial charge is 0.324 e. The number of pyridine rings is 2.